The smallest absolute Gasteiger partial charge is 0.259 e. The van der Waals surface area contributed by atoms with Gasteiger partial charge in [-0.3, -0.25) is 14.5 Å². The third-order valence-electron chi connectivity index (χ3n) is 4.58. The maximum atomic E-state index is 12.2. The van der Waals surface area contributed by atoms with E-state index >= 15 is 0 Å². The average molecular weight is 292 g/mol. The Hall–Kier alpha value is -1.89. The Bertz CT molecular complexity index is 542. The van der Waals surface area contributed by atoms with E-state index in [0.717, 1.165) is 39.0 Å². The fourth-order valence-corrected chi connectivity index (χ4v) is 3.08. The molecule has 1 aromatic rings. The molecule has 7 heteroatoms. The topological polar surface area (TPSA) is 92.7 Å². The molecule has 2 N–H and O–H groups in total. The zero-order valence-corrected chi connectivity index (χ0v) is 12.1. The van der Waals surface area contributed by atoms with E-state index in [2.05, 4.69) is 10.1 Å². The van der Waals surface area contributed by atoms with Crippen molar-refractivity contribution < 1.29 is 14.1 Å². The molecule has 0 bridgehead atoms. The molecule has 0 spiro atoms. The predicted molar refractivity (Wildman–Crippen MR) is 74.4 cm³/mol. The molecule has 0 atom stereocenters. The molecule has 0 saturated carbocycles. The Balaban J connectivity index is 1.49. The number of hydrogen-bond donors (Lipinski definition) is 1. The molecule has 2 aliphatic heterocycles. The van der Waals surface area contributed by atoms with Crippen LogP contribution in [0.25, 0.3) is 0 Å². The second kappa shape index (κ2) is 5.48. The van der Waals surface area contributed by atoms with Gasteiger partial charge in [0.1, 0.15) is 11.3 Å². The maximum Gasteiger partial charge on any atom is 0.259 e. The number of carbonyl (C=O) groups is 2. The number of primary amides is 1. The van der Waals surface area contributed by atoms with Gasteiger partial charge in [-0.15, -0.1) is 0 Å². The van der Waals surface area contributed by atoms with Crippen molar-refractivity contribution in [1.29, 1.82) is 0 Å². The second-order valence-electron chi connectivity index (χ2n) is 5.87. The third-order valence-corrected chi connectivity index (χ3v) is 4.58. The third kappa shape index (κ3) is 2.65. The summed E-state index contributed by atoms with van der Waals surface area (Å²) in [6.45, 7) is 4.96. The number of hydrogen-bond acceptors (Lipinski definition) is 5. The van der Waals surface area contributed by atoms with Gasteiger partial charge in [0.15, 0.2) is 0 Å². The minimum Gasteiger partial charge on any atom is -0.369 e. The lowest BCUT2D eigenvalue weighted by atomic mass is 9.93. The fraction of sp³-hybridized carbons (Fsp3) is 0.643. The van der Waals surface area contributed by atoms with E-state index in [1.165, 1.54) is 6.20 Å². The van der Waals surface area contributed by atoms with Gasteiger partial charge in [0, 0.05) is 25.0 Å². The molecule has 0 aliphatic carbocycles. The molecule has 2 fully saturated rings. The van der Waals surface area contributed by atoms with Gasteiger partial charge in [0.05, 0.1) is 6.20 Å². The van der Waals surface area contributed by atoms with Gasteiger partial charge in [-0.2, -0.15) is 0 Å². The van der Waals surface area contributed by atoms with Crippen molar-refractivity contribution >= 4 is 11.8 Å². The Kier molecular flexibility index (Phi) is 3.67. The number of rotatable bonds is 3. The van der Waals surface area contributed by atoms with E-state index in [-0.39, 0.29) is 17.7 Å². The van der Waals surface area contributed by atoms with Crippen molar-refractivity contribution in [3.05, 3.63) is 17.5 Å². The lowest BCUT2D eigenvalue weighted by Crippen LogP contribution is -2.62. The molecule has 2 amide bonds. The Labute approximate surface area is 123 Å². The summed E-state index contributed by atoms with van der Waals surface area (Å²) < 4.78 is 4.93. The van der Waals surface area contributed by atoms with Gasteiger partial charge in [-0.25, -0.2) is 0 Å². The van der Waals surface area contributed by atoms with Crippen LogP contribution < -0.4 is 5.73 Å². The highest BCUT2D eigenvalue weighted by Gasteiger charge is 2.38. The molecule has 2 saturated heterocycles. The quantitative estimate of drug-likeness (QED) is 0.847. The van der Waals surface area contributed by atoms with Crippen molar-refractivity contribution in [3.8, 4) is 0 Å². The first kappa shape index (κ1) is 14.1. The van der Waals surface area contributed by atoms with Crippen molar-refractivity contribution in [3.63, 3.8) is 0 Å². The van der Waals surface area contributed by atoms with Gasteiger partial charge >= 0.3 is 0 Å². The first-order chi connectivity index (χ1) is 10.1. The molecule has 114 valence electrons. The molecule has 21 heavy (non-hydrogen) atoms. The molecule has 3 heterocycles. The summed E-state index contributed by atoms with van der Waals surface area (Å²) in [6, 6.07) is 0.392. The summed E-state index contributed by atoms with van der Waals surface area (Å²) in [4.78, 5) is 27.5. The Morgan fingerprint density at radius 1 is 1.33 bits per heavy atom. The van der Waals surface area contributed by atoms with Crippen LogP contribution in [-0.2, 0) is 4.79 Å². The lowest BCUT2D eigenvalue weighted by molar-refractivity contribution is -0.123. The molecular weight excluding hydrogens is 272 g/mol. The number of nitrogens with zero attached hydrogens (tertiary/aromatic N) is 3. The van der Waals surface area contributed by atoms with Gasteiger partial charge in [0.25, 0.3) is 5.91 Å². The minimum absolute atomic E-state index is 0.0127. The maximum absolute atomic E-state index is 12.2. The van der Waals surface area contributed by atoms with Crippen molar-refractivity contribution in [2.45, 2.75) is 25.8 Å². The van der Waals surface area contributed by atoms with Gasteiger partial charge in [0.2, 0.25) is 5.91 Å². The lowest BCUT2D eigenvalue weighted by Gasteiger charge is -2.47. The molecular formula is C14H20N4O3. The molecule has 7 nitrogen and oxygen atoms in total. The van der Waals surface area contributed by atoms with Crippen LogP contribution in [0, 0.1) is 12.8 Å². The largest absolute Gasteiger partial charge is 0.369 e. The Morgan fingerprint density at radius 2 is 2.00 bits per heavy atom. The first-order valence-corrected chi connectivity index (χ1v) is 7.30. The highest BCUT2D eigenvalue weighted by Crippen LogP contribution is 2.24. The number of carbonyl (C=O) groups excluding carboxylic acids is 2. The summed E-state index contributed by atoms with van der Waals surface area (Å²) in [7, 11) is 0. The van der Waals surface area contributed by atoms with E-state index in [9.17, 15) is 9.59 Å². The number of aryl methyl sites for hydroxylation is 1. The molecule has 0 radical (unpaired) electrons. The average Bonchev–Trinajstić information content (AvgIpc) is 2.83. The standard InChI is InChI=1S/C14H20N4O3/c1-9-12(6-16-21-9)14(20)18-7-11(8-18)17-4-2-10(3-5-17)13(15)19/h6,10-11H,2-5,7-8H2,1H3,(H2,15,19). The monoisotopic (exact) mass is 292 g/mol. The highest BCUT2D eigenvalue weighted by molar-refractivity contribution is 5.95. The van der Waals surface area contributed by atoms with Crippen molar-refractivity contribution in [2.75, 3.05) is 26.2 Å². The van der Waals surface area contributed by atoms with Gasteiger partial charge < -0.3 is 15.2 Å². The second-order valence-corrected chi connectivity index (χ2v) is 5.87. The Morgan fingerprint density at radius 3 is 2.52 bits per heavy atom. The fourth-order valence-electron chi connectivity index (χ4n) is 3.08. The SMILES string of the molecule is Cc1oncc1C(=O)N1CC(N2CCC(C(N)=O)CC2)C1. The predicted octanol–water partition coefficient (Wildman–Crippen LogP) is 0.00472. The van der Waals surface area contributed by atoms with Crippen LogP contribution in [0.5, 0.6) is 0 Å². The van der Waals surface area contributed by atoms with Crippen LogP contribution in [0.3, 0.4) is 0 Å². The van der Waals surface area contributed by atoms with Crippen molar-refractivity contribution in [2.24, 2.45) is 11.7 Å². The first-order valence-electron chi connectivity index (χ1n) is 7.30. The van der Waals surface area contributed by atoms with E-state index in [1.54, 1.807) is 6.92 Å². The van der Waals surface area contributed by atoms with Crippen LogP contribution in [0.2, 0.25) is 0 Å². The van der Waals surface area contributed by atoms with Crippen LogP contribution in [-0.4, -0.2) is 59.0 Å². The summed E-state index contributed by atoms with van der Waals surface area (Å²) in [5, 5.41) is 3.64. The van der Waals surface area contributed by atoms with Crippen molar-refractivity contribution in [1.82, 2.24) is 15.0 Å². The van der Waals surface area contributed by atoms with Crippen LogP contribution in [0.15, 0.2) is 10.7 Å². The van der Waals surface area contributed by atoms with Crippen LogP contribution in [0.4, 0.5) is 0 Å². The molecule has 0 unspecified atom stereocenters. The number of likely N-dealkylation sites (tertiary alicyclic amines) is 2. The van der Waals surface area contributed by atoms with E-state index in [1.807, 2.05) is 4.90 Å². The van der Waals surface area contributed by atoms with E-state index in [0.29, 0.717) is 17.4 Å². The summed E-state index contributed by atoms with van der Waals surface area (Å²) in [5.41, 5.74) is 5.88. The highest BCUT2D eigenvalue weighted by atomic mass is 16.5. The normalized spacial score (nSPS) is 21.3. The molecule has 3 rings (SSSR count). The summed E-state index contributed by atoms with van der Waals surface area (Å²) >= 11 is 0. The summed E-state index contributed by atoms with van der Waals surface area (Å²) in [5.74, 6) is 0.365. The van der Waals surface area contributed by atoms with Crippen LogP contribution in [0.1, 0.15) is 29.0 Å². The summed E-state index contributed by atoms with van der Waals surface area (Å²) in [6.07, 6.45) is 3.12. The number of aromatic nitrogens is 1. The zero-order valence-electron chi connectivity index (χ0n) is 12.1. The molecule has 1 aromatic heterocycles. The minimum atomic E-state index is -0.192. The number of amides is 2. The number of nitrogens with two attached hydrogens (primary N) is 1. The van der Waals surface area contributed by atoms with E-state index < -0.39 is 0 Å². The van der Waals surface area contributed by atoms with Crippen LogP contribution >= 0.6 is 0 Å². The molecule has 0 aromatic carbocycles. The molecule has 2 aliphatic rings. The zero-order chi connectivity index (χ0) is 15.0. The van der Waals surface area contributed by atoms with Gasteiger partial charge in [-0.05, 0) is 32.9 Å². The number of piperidine rings is 1. The van der Waals surface area contributed by atoms with Gasteiger partial charge in [-0.1, -0.05) is 5.16 Å². The van der Waals surface area contributed by atoms with E-state index in [4.69, 9.17) is 10.3 Å².